The number of rotatable bonds is 7. The summed E-state index contributed by atoms with van der Waals surface area (Å²) >= 11 is 0. The minimum absolute atomic E-state index is 0. The number of carboxylic acid groups (broad SMARTS) is 1. The standard InChI is InChI=1S/C9H17BO3.ClH/c1-2-3-5-9(10,8(12)13)6-4-7-11;/h11H,2-7H2,1H3,(H,12,13);1H. The molecule has 0 spiro atoms. The average molecular weight is 221 g/mol. The van der Waals surface area contributed by atoms with Crippen molar-refractivity contribution in [3.8, 4) is 0 Å². The van der Waals surface area contributed by atoms with E-state index in [0.29, 0.717) is 19.3 Å². The van der Waals surface area contributed by atoms with Gasteiger partial charge in [-0.2, -0.15) is 0 Å². The van der Waals surface area contributed by atoms with E-state index in [1.54, 1.807) is 0 Å². The highest BCUT2D eigenvalue weighted by molar-refractivity contribution is 6.26. The van der Waals surface area contributed by atoms with E-state index in [2.05, 4.69) is 0 Å². The Morgan fingerprint density at radius 1 is 1.36 bits per heavy atom. The van der Waals surface area contributed by atoms with Crippen molar-refractivity contribution in [2.75, 3.05) is 6.61 Å². The van der Waals surface area contributed by atoms with Crippen LogP contribution in [0.3, 0.4) is 0 Å². The van der Waals surface area contributed by atoms with Gasteiger partial charge in [0.1, 0.15) is 0 Å². The third kappa shape index (κ3) is 5.50. The monoisotopic (exact) mass is 220 g/mol. The summed E-state index contributed by atoms with van der Waals surface area (Å²) in [5, 5.41) is 16.3. The van der Waals surface area contributed by atoms with Gasteiger partial charge in [0.05, 0.1) is 7.85 Å². The van der Waals surface area contributed by atoms with E-state index in [1.165, 1.54) is 0 Å². The largest absolute Gasteiger partial charge is 0.481 e. The van der Waals surface area contributed by atoms with Crippen molar-refractivity contribution < 1.29 is 15.0 Å². The molecule has 3 nitrogen and oxygen atoms in total. The van der Waals surface area contributed by atoms with Gasteiger partial charge in [-0.05, 0) is 19.3 Å². The second kappa shape index (κ2) is 8.12. The van der Waals surface area contributed by atoms with Gasteiger partial charge in [0.15, 0.2) is 0 Å². The Morgan fingerprint density at radius 3 is 2.21 bits per heavy atom. The van der Waals surface area contributed by atoms with Gasteiger partial charge in [-0.3, -0.25) is 4.79 Å². The van der Waals surface area contributed by atoms with Crippen LogP contribution < -0.4 is 0 Å². The van der Waals surface area contributed by atoms with Crippen LogP contribution in [0.15, 0.2) is 0 Å². The second-order valence-corrected chi connectivity index (χ2v) is 3.39. The Hall–Kier alpha value is -0.215. The normalized spacial score (nSPS) is 14.1. The molecule has 0 rings (SSSR count). The zero-order valence-corrected chi connectivity index (χ0v) is 9.35. The van der Waals surface area contributed by atoms with Gasteiger partial charge in [0.2, 0.25) is 0 Å². The molecular weight excluding hydrogens is 202 g/mol. The van der Waals surface area contributed by atoms with E-state index >= 15 is 0 Å². The Morgan fingerprint density at radius 2 is 1.86 bits per heavy atom. The van der Waals surface area contributed by atoms with E-state index in [0.717, 1.165) is 12.8 Å². The van der Waals surface area contributed by atoms with Crippen molar-refractivity contribution in [2.45, 2.75) is 44.3 Å². The maximum absolute atomic E-state index is 10.8. The van der Waals surface area contributed by atoms with Gasteiger partial charge in [-0.25, -0.2) is 0 Å². The lowest BCUT2D eigenvalue weighted by Gasteiger charge is -2.24. The van der Waals surface area contributed by atoms with E-state index in [9.17, 15) is 4.79 Å². The predicted octanol–water partition coefficient (Wildman–Crippen LogP) is 1.78. The molecule has 0 bridgehead atoms. The first-order valence-electron chi connectivity index (χ1n) is 4.70. The number of aliphatic hydroxyl groups is 1. The van der Waals surface area contributed by atoms with Crippen LogP contribution in [0.25, 0.3) is 0 Å². The maximum atomic E-state index is 10.8. The molecule has 0 aliphatic heterocycles. The quantitative estimate of drug-likeness (QED) is 0.643. The van der Waals surface area contributed by atoms with E-state index < -0.39 is 11.3 Å². The van der Waals surface area contributed by atoms with Gasteiger partial charge in [-0.1, -0.05) is 19.8 Å². The number of carbonyl (C=O) groups is 1. The SMILES string of the molecule is Cl.[B]C(CCCC)(CCCO)C(=O)O. The topological polar surface area (TPSA) is 57.5 Å². The Labute approximate surface area is 92.7 Å². The van der Waals surface area contributed by atoms with Gasteiger partial charge < -0.3 is 10.2 Å². The van der Waals surface area contributed by atoms with Crippen molar-refractivity contribution in [1.29, 1.82) is 0 Å². The van der Waals surface area contributed by atoms with E-state index in [1.807, 2.05) is 6.92 Å². The molecule has 2 radical (unpaired) electrons. The lowest BCUT2D eigenvalue weighted by Crippen LogP contribution is -2.24. The van der Waals surface area contributed by atoms with Crippen LogP contribution in [0.2, 0.25) is 5.31 Å². The third-order valence-corrected chi connectivity index (χ3v) is 2.18. The molecule has 0 aromatic carbocycles. The lowest BCUT2D eigenvalue weighted by atomic mass is 9.63. The Bertz CT molecular complexity index is 156. The first-order valence-corrected chi connectivity index (χ1v) is 4.70. The zero-order chi connectivity index (χ0) is 10.3. The number of hydrogen-bond donors (Lipinski definition) is 2. The van der Waals surface area contributed by atoms with E-state index in [-0.39, 0.29) is 19.0 Å². The predicted molar refractivity (Wildman–Crippen MR) is 59.2 cm³/mol. The van der Waals surface area contributed by atoms with Crippen LogP contribution in [0, 0.1) is 0 Å². The molecular formula is C9H18BClO3. The minimum atomic E-state index is -1.14. The molecule has 14 heavy (non-hydrogen) atoms. The fourth-order valence-corrected chi connectivity index (χ4v) is 1.23. The highest BCUT2D eigenvalue weighted by Gasteiger charge is 2.30. The van der Waals surface area contributed by atoms with Crippen LogP contribution >= 0.6 is 12.4 Å². The molecule has 82 valence electrons. The molecule has 1 unspecified atom stereocenters. The van der Waals surface area contributed by atoms with Crippen LogP contribution in [0.5, 0.6) is 0 Å². The summed E-state index contributed by atoms with van der Waals surface area (Å²) in [6, 6.07) is 0. The fraction of sp³-hybridized carbons (Fsp3) is 0.889. The number of aliphatic hydroxyl groups excluding tert-OH is 1. The highest BCUT2D eigenvalue weighted by Crippen LogP contribution is 2.34. The summed E-state index contributed by atoms with van der Waals surface area (Å²) in [5.74, 6) is -0.964. The summed E-state index contributed by atoms with van der Waals surface area (Å²) in [5.41, 5.74) is 0. The Kier molecular flexibility index (Phi) is 9.41. The van der Waals surface area contributed by atoms with Gasteiger partial charge >= 0.3 is 5.97 Å². The summed E-state index contributed by atoms with van der Waals surface area (Å²) in [4.78, 5) is 10.8. The summed E-state index contributed by atoms with van der Waals surface area (Å²) in [6.07, 6.45) is 3.03. The molecule has 0 aliphatic carbocycles. The minimum Gasteiger partial charge on any atom is -0.481 e. The molecule has 2 N–H and O–H groups in total. The number of halogens is 1. The molecule has 0 fully saturated rings. The molecule has 0 saturated carbocycles. The second-order valence-electron chi connectivity index (χ2n) is 3.39. The molecule has 5 heteroatoms. The lowest BCUT2D eigenvalue weighted by molar-refractivity contribution is -0.141. The highest BCUT2D eigenvalue weighted by atomic mass is 35.5. The average Bonchev–Trinajstić information content (AvgIpc) is 2.11. The zero-order valence-electron chi connectivity index (χ0n) is 8.53. The maximum Gasteiger partial charge on any atom is 0.300 e. The van der Waals surface area contributed by atoms with Gasteiger partial charge in [0.25, 0.3) is 0 Å². The summed E-state index contributed by atoms with van der Waals surface area (Å²) in [7, 11) is 5.70. The van der Waals surface area contributed by atoms with Crippen LogP contribution in [0.1, 0.15) is 39.0 Å². The van der Waals surface area contributed by atoms with Crippen molar-refractivity contribution in [3.05, 3.63) is 0 Å². The molecule has 0 aromatic heterocycles. The van der Waals surface area contributed by atoms with Crippen LogP contribution in [-0.2, 0) is 4.79 Å². The smallest absolute Gasteiger partial charge is 0.300 e. The number of carboxylic acids is 1. The summed E-state index contributed by atoms with van der Waals surface area (Å²) < 4.78 is 0. The first kappa shape index (κ1) is 16.2. The number of aliphatic carboxylic acids is 1. The molecule has 0 aliphatic rings. The van der Waals surface area contributed by atoms with Crippen molar-refractivity contribution in [2.24, 2.45) is 0 Å². The Balaban J connectivity index is 0. The molecule has 0 saturated heterocycles. The van der Waals surface area contributed by atoms with Crippen molar-refractivity contribution in [3.63, 3.8) is 0 Å². The molecule has 0 heterocycles. The third-order valence-electron chi connectivity index (χ3n) is 2.18. The molecule has 0 amide bonds. The van der Waals surface area contributed by atoms with Gasteiger partial charge in [0, 0.05) is 11.9 Å². The van der Waals surface area contributed by atoms with Gasteiger partial charge in [-0.15, -0.1) is 12.4 Å². The summed E-state index contributed by atoms with van der Waals surface area (Å²) in [6.45, 7) is 1.99. The number of hydrogen-bond acceptors (Lipinski definition) is 2. The molecule has 0 aromatic rings. The van der Waals surface area contributed by atoms with Crippen LogP contribution in [-0.4, -0.2) is 30.6 Å². The van der Waals surface area contributed by atoms with Crippen molar-refractivity contribution >= 4 is 26.2 Å². The van der Waals surface area contributed by atoms with E-state index in [4.69, 9.17) is 18.1 Å². The fourth-order valence-electron chi connectivity index (χ4n) is 1.23. The number of unbranched alkanes of at least 4 members (excludes halogenated alkanes) is 1. The van der Waals surface area contributed by atoms with Crippen LogP contribution in [0.4, 0.5) is 0 Å². The molecule has 1 atom stereocenters. The van der Waals surface area contributed by atoms with Crippen molar-refractivity contribution in [1.82, 2.24) is 0 Å². The first-order chi connectivity index (χ1) is 6.06.